The molecule has 0 aliphatic carbocycles. The van der Waals surface area contributed by atoms with Crippen LogP contribution in [-0.4, -0.2) is 43.1 Å². The molecule has 0 bridgehead atoms. The quantitative estimate of drug-likeness (QED) is 0.817. The van der Waals surface area contributed by atoms with Gasteiger partial charge in [0.2, 0.25) is 5.91 Å². The first-order valence-electron chi connectivity index (χ1n) is 6.86. The second kappa shape index (κ2) is 6.92. The maximum absolute atomic E-state index is 11.5. The number of benzene rings is 1. The molecule has 1 amide bonds. The number of hydrogen-bond donors (Lipinski definition) is 1. The Kier molecular flexibility index (Phi) is 4.97. The Labute approximate surface area is 119 Å². The van der Waals surface area contributed by atoms with Gasteiger partial charge in [-0.1, -0.05) is 12.1 Å². The third-order valence-corrected chi connectivity index (χ3v) is 3.48. The van der Waals surface area contributed by atoms with Gasteiger partial charge in [0.1, 0.15) is 11.8 Å². The molecule has 1 aromatic rings. The topological polar surface area (TPSA) is 65.4 Å². The van der Waals surface area contributed by atoms with E-state index in [0.717, 1.165) is 19.5 Å². The van der Waals surface area contributed by atoms with Crippen molar-refractivity contribution in [1.29, 1.82) is 5.26 Å². The van der Waals surface area contributed by atoms with Gasteiger partial charge in [-0.2, -0.15) is 5.26 Å². The van der Waals surface area contributed by atoms with Crippen LogP contribution in [0.4, 0.5) is 0 Å². The van der Waals surface area contributed by atoms with Crippen molar-refractivity contribution in [3.05, 3.63) is 29.8 Å². The lowest BCUT2D eigenvalue weighted by molar-refractivity contribution is -0.128. The van der Waals surface area contributed by atoms with E-state index >= 15 is 0 Å². The minimum absolute atomic E-state index is 0.0739. The Bertz CT molecular complexity index is 510. The van der Waals surface area contributed by atoms with Gasteiger partial charge in [0.25, 0.3) is 0 Å². The monoisotopic (exact) mass is 273 g/mol. The first kappa shape index (κ1) is 14.4. The minimum atomic E-state index is -0.0739. The average Bonchev–Trinajstić information content (AvgIpc) is 2.48. The number of carbonyl (C=O) groups is 1. The molecule has 5 nitrogen and oxygen atoms in total. The molecule has 0 radical (unpaired) electrons. The van der Waals surface area contributed by atoms with Gasteiger partial charge < -0.3 is 10.1 Å². The van der Waals surface area contributed by atoms with Crippen molar-refractivity contribution >= 4 is 5.91 Å². The van der Waals surface area contributed by atoms with Crippen LogP contribution in [0, 0.1) is 11.3 Å². The molecule has 0 aromatic heterocycles. The summed E-state index contributed by atoms with van der Waals surface area (Å²) in [4.78, 5) is 13.7. The van der Waals surface area contributed by atoms with Gasteiger partial charge in [0, 0.05) is 19.6 Å². The molecule has 1 saturated heterocycles. The highest BCUT2D eigenvalue weighted by atomic mass is 16.5. The summed E-state index contributed by atoms with van der Waals surface area (Å²) >= 11 is 0. The van der Waals surface area contributed by atoms with Crippen LogP contribution in [0.15, 0.2) is 24.3 Å². The lowest BCUT2D eigenvalue weighted by atomic mass is 10.2. The normalized spacial score (nSPS) is 19.2. The summed E-state index contributed by atoms with van der Waals surface area (Å²) in [7, 11) is 0. The molecule has 20 heavy (non-hydrogen) atoms. The highest BCUT2D eigenvalue weighted by Gasteiger charge is 2.24. The number of hydrogen-bond acceptors (Lipinski definition) is 4. The molecule has 1 aliphatic heterocycles. The van der Waals surface area contributed by atoms with Crippen LogP contribution in [0.1, 0.15) is 18.9 Å². The number of ether oxygens (including phenoxy) is 1. The average molecular weight is 273 g/mol. The van der Waals surface area contributed by atoms with Gasteiger partial charge in [0.15, 0.2) is 0 Å². The van der Waals surface area contributed by atoms with Crippen LogP contribution in [0.2, 0.25) is 0 Å². The molecule has 1 aliphatic rings. The maximum Gasteiger partial charge on any atom is 0.237 e. The zero-order chi connectivity index (χ0) is 14.4. The molecule has 1 aromatic carbocycles. The minimum Gasteiger partial charge on any atom is -0.492 e. The molecule has 1 unspecified atom stereocenters. The van der Waals surface area contributed by atoms with Crippen LogP contribution in [0.25, 0.3) is 0 Å². The van der Waals surface area contributed by atoms with Crippen LogP contribution in [0.5, 0.6) is 5.75 Å². The molecule has 106 valence electrons. The molecule has 0 saturated carbocycles. The zero-order valence-electron chi connectivity index (χ0n) is 11.6. The van der Waals surface area contributed by atoms with E-state index in [2.05, 4.69) is 16.3 Å². The van der Waals surface area contributed by atoms with Crippen LogP contribution in [-0.2, 0) is 4.79 Å². The number of amides is 1. The van der Waals surface area contributed by atoms with Crippen LogP contribution >= 0.6 is 0 Å². The smallest absolute Gasteiger partial charge is 0.237 e. The molecule has 1 atom stereocenters. The standard InChI is InChI=1S/C15H19N3O2/c1-12-15(19)17-7-9-18(12)8-4-10-20-14-6-3-2-5-13(14)11-16/h2-3,5-6,12H,4,7-10H2,1H3,(H,17,19). The summed E-state index contributed by atoms with van der Waals surface area (Å²) in [5.74, 6) is 0.714. The molecular formula is C15H19N3O2. The number of para-hydroxylation sites is 1. The summed E-state index contributed by atoms with van der Waals surface area (Å²) in [6.07, 6.45) is 0.831. The summed E-state index contributed by atoms with van der Waals surface area (Å²) in [6.45, 7) is 4.87. The Morgan fingerprint density at radius 3 is 3.10 bits per heavy atom. The molecule has 0 spiro atoms. The first-order chi connectivity index (χ1) is 9.72. The van der Waals surface area contributed by atoms with Crippen molar-refractivity contribution in [1.82, 2.24) is 10.2 Å². The number of nitrogens with one attached hydrogen (secondary N) is 1. The largest absolute Gasteiger partial charge is 0.492 e. The van der Waals surface area contributed by atoms with Crippen molar-refractivity contribution in [2.75, 3.05) is 26.2 Å². The second-order valence-electron chi connectivity index (χ2n) is 4.81. The molecule has 5 heteroatoms. The van der Waals surface area contributed by atoms with E-state index in [1.165, 1.54) is 0 Å². The third-order valence-electron chi connectivity index (χ3n) is 3.48. The van der Waals surface area contributed by atoms with Crippen LogP contribution < -0.4 is 10.1 Å². The fraction of sp³-hybridized carbons (Fsp3) is 0.467. The second-order valence-corrected chi connectivity index (χ2v) is 4.81. The Balaban J connectivity index is 1.76. The fourth-order valence-electron chi connectivity index (χ4n) is 2.27. The fourth-order valence-corrected chi connectivity index (χ4v) is 2.27. The first-order valence-corrected chi connectivity index (χ1v) is 6.86. The van der Waals surface area contributed by atoms with E-state index in [0.29, 0.717) is 24.5 Å². The molecule has 2 rings (SSSR count). The Hall–Kier alpha value is -2.06. The van der Waals surface area contributed by atoms with Crippen molar-refractivity contribution in [3.8, 4) is 11.8 Å². The molecule has 1 heterocycles. The SMILES string of the molecule is CC1C(=O)NCCN1CCCOc1ccccc1C#N. The summed E-state index contributed by atoms with van der Waals surface area (Å²) < 4.78 is 5.63. The summed E-state index contributed by atoms with van der Waals surface area (Å²) in [6, 6.07) is 9.25. The number of nitriles is 1. The number of carbonyl (C=O) groups excluding carboxylic acids is 1. The van der Waals surface area contributed by atoms with Gasteiger partial charge in [-0.25, -0.2) is 0 Å². The van der Waals surface area contributed by atoms with E-state index < -0.39 is 0 Å². The predicted octanol–water partition coefficient (Wildman–Crippen LogP) is 1.15. The van der Waals surface area contributed by atoms with E-state index in [1.54, 1.807) is 12.1 Å². The number of rotatable bonds is 5. The highest BCUT2D eigenvalue weighted by Crippen LogP contribution is 2.16. The molecule has 1 N–H and O–H groups in total. The Morgan fingerprint density at radius 2 is 2.30 bits per heavy atom. The van der Waals surface area contributed by atoms with Crippen LogP contribution in [0.3, 0.4) is 0 Å². The molecular weight excluding hydrogens is 254 g/mol. The van der Waals surface area contributed by atoms with Gasteiger partial charge in [-0.05, 0) is 25.5 Å². The van der Waals surface area contributed by atoms with Crippen molar-refractivity contribution < 1.29 is 9.53 Å². The summed E-state index contributed by atoms with van der Waals surface area (Å²) in [5.41, 5.74) is 0.554. The van der Waals surface area contributed by atoms with E-state index in [1.807, 2.05) is 19.1 Å². The number of piperazine rings is 1. The lowest BCUT2D eigenvalue weighted by Gasteiger charge is -2.32. The maximum atomic E-state index is 11.5. The third kappa shape index (κ3) is 3.49. The van der Waals surface area contributed by atoms with Gasteiger partial charge in [-0.3, -0.25) is 9.69 Å². The van der Waals surface area contributed by atoms with Gasteiger partial charge >= 0.3 is 0 Å². The highest BCUT2D eigenvalue weighted by molar-refractivity contribution is 5.81. The van der Waals surface area contributed by atoms with Crippen molar-refractivity contribution in [2.45, 2.75) is 19.4 Å². The number of nitrogens with zero attached hydrogens (tertiary/aromatic N) is 2. The van der Waals surface area contributed by atoms with Gasteiger partial charge in [-0.15, -0.1) is 0 Å². The van der Waals surface area contributed by atoms with E-state index in [4.69, 9.17) is 10.00 Å². The lowest BCUT2D eigenvalue weighted by Crippen LogP contribution is -2.54. The zero-order valence-corrected chi connectivity index (χ0v) is 11.6. The predicted molar refractivity (Wildman–Crippen MR) is 75.3 cm³/mol. The van der Waals surface area contributed by atoms with E-state index in [9.17, 15) is 4.79 Å². The van der Waals surface area contributed by atoms with Crippen molar-refractivity contribution in [2.24, 2.45) is 0 Å². The van der Waals surface area contributed by atoms with Crippen molar-refractivity contribution in [3.63, 3.8) is 0 Å². The summed E-state index contributed by atoms with van der Waals surface area (Å²) in [5, 5.41) is 11.8. The van der Waals surface area contributed by atoms with Gasteiger partial charge in [0.05, 0.1) is 18.2 Å². The Morgan fingerprint density at radius 1 is 1.50 bits per heavy atom. The molecule has 1 fully saturated rings. The van der Waals surface area contributed by atoms with E-state index in [-0.39, 0.29) is 11.9 Å².